The quantitative estimate of drug-likeness (QED) is 0.793. The van der Waals surface area contributed by atoms with Gasteiger partial charge in [0.1, 0.15) is 5.75 Å². The van der Waals surface area contributed by atoms with Crippen LogP contribution >= 0.6 is 27.5 Å². The molecule has 1 aromatic carbocycles. The van der Waals surface area contributed by atoms with E-state index in [1.54, 1.807) is 12.1 Å². The van der Waals surface area contributed by atoms with Crippen LogP contribution < -0.4 is 0 Å². The van der Waals surface area contributed by atoms with Crippen LogP contribution in [0.3, 0.4) is 0 Å². The van der Waals surface area contributed by atoms with Crippen molar-refractivity contribution < 1.29 is 10.2 Å². The molecule has 1 rings (SSSR count). The summed E-state index contributed by atoms with van der Waals surface area (Å²) in [5, 5.41) is 18.7. The van der Waals surface area contributed by atoms with Crippen LogP contribution in [0.5, 0.6) is 5.75 Å². The van der Waals surface area contributed by atoms with Crippen LogP contribution in [-0.2, 0) is 0 Å². The van der Waals surface area contributed by atoms with Gasteiger partial charge in [0.2, 0.25) is 0 Å². The normalized spacial score (nSPS) is 12.9. The van der Waals surface area contributed by atoms with Crippen molar-refractivity contribution >= 4 is 27.5 Å². The van der Waals surface area contributed by atoms with E-state index >= 15 is 0 Å². The summed E-state index contributed by atoms with van der Waals surface area (Å²) < 4.78 is 0.663. The van der Waals surface area contributed by atoms with Crippen molar-refractivity contribution in [3.05, 3.63) is 28.2 Å². The van der Waals surface area contributed by atoms with E-state index in [-0.39, 0.29) is 11.6 Å². The minimum Gasteiger partial charge on any atom is -0.508 e. The SMILES string of the molecule is Oc1cccc(Br)c1C(O)CCl. The summed E-state index contributed by atoms with van der Waals surface area (Å²) >= 11 is 8.66. The predicted molar refractivity (Wildman–Crippen MR) is 51.5 cm³/mol. The zero-order valence-corrected chi connectivity index (χ0v) is 8.51. The number of hydrogen-bond acceptors (Lipinski definition) is 2. The van der Waals surface area contributed by atoms with Crippen molar-refractivity contribution in [1.82, 2.24) is 0 Å². The van der Waals surface area contributed by atoms with E-state index in [9.17, 15) is 10.2 Å². The monoisotopic (exact) mass is 250 g/mol. The third-order valence-corrected chi connectivity index (χ3v) is 2.49. The summed E-state index contributed by atoms with van der Waals surface area (Å²) in [6.45, 7) is 0. The molecule has 1 aromatic rings. The number of phenols is 1. The molecule has 0 spiro atoms. The fraction of sp³-hybridized carbons (Fsp3) is 0.250. The average Bonchev–Trinajstić information content (AvgIpc) is 2.03. The van der Waals surface area contributed by atoms with Crippen molar-refractivity contribution in [2.45, 2.75) is 6.10 Å². The Kier molecular flexibility index (Phi) is 3.38. The molecule has 2 nitrogen and oxygen atoms in total. The number of aromatic hydroxyl groups is 1. The van der Waals surface area contributed by atoms with Crippen LogP contribution in [0, 0.1) is 0 Å². The maximum atomic E-state index is 9.37. The Morgan fingerprint density at radius 1 is 1.50 bits per heavy atom. The molecule has 0 fully saturated rings. The second kappa shape index (κ2) is 4.12. The molecule has 0 bridgehead atoms. The van der Waals surface area contributed by atoms with Gasteiger partial charge in [0.15, 0.2) is 0 Å². The maximum Gasteiger partial charge on any atom is 0.122 e. The molecule has 0 heterocycles. The Labute approximate surface area is 83.9 Å². The molecule has 2 N–H and O–H groups in total. The van der Waals surface area contributed by atoms with Crippen molar-refractivity contribution in [2.75, 3.05) is 5.88 Å². The largest absolute Gasteiger partial charge is 0.508 e. The van der Waals surface area contributed by atoms with Gasteiger partial charge >= 0.3 is 0 Å². The molecule has 0 amide bonds. The van der Waals surface area contributed by atoms with Crippen molar-refractivity contribution in [3.63, 3.8) is 0 Å². The van der Waals surface area contributed by atoms with E-state index in [0.717, 1.165) is 0 Å². The Bertz CT molecular complexity index is 258. The fourth-order valence-corrected chi connectivity index (χ4v) is 1.71. The summed E-state index contributed by atoms with van der Waals surface area (Å²) in [4.78, 5) is 0. The first-order valence-corrected chi connectivity index (χ1v) is 4.71. The van der Waals surface area contributed by atoms with Gasteiger partial charge in [-0.1, -0.05) is 22.0 Å². The van der Waals surface area contributed by atoms with E-state index < -0.39 is 6.10 Å². The molecule has 1 atom stereocenters. The lowest BCUT2D eigenvalue weighted by Crippen LogP contribution is -1.99. The van der Waals surface area contributed by atoms with Crippen LogP contribution in [-0.4, -0.2) is 16.1 Å². The summed E-state index contributed by atoms with van der Waals surface area (Å²) in [5.74, 6) is 0.119. The minimum absolute atomic E-state index is 0.0533. The Hall–Kier alpha value is -0.250. The third kappa shape index (κ3) is 1.91. The van der Waals surface area contributed by atoms with Gasteiger partial charge < -0.3 is 10.2 Å². The Balaban J connectivity index is 3.12. The first-order chi connectivity index (χ1) is 5.66. The second-order valence-electron chi connectivity index (χ2n) is 2.34. The van der Waals surface area contributed by atoms with E-state index in [1.807, 2.05) is 0 Å². The lowest BCUT2D eigenvalue weighted by molar-refractivity contribution is 0.197. The maximum absolute atomic E-state index is 9.37. The molecule has 0 saturated heterocycles. The molecule has 0 aliphatic heterocycles. The predicted octanol–water partition coefficient (Wildman–Crippen LogP) is 2.43. The number of hydrogen-bond donors (Lipinski definition) is 2. The van der Waals surface area contributed by atoms with Gasteiger partial charge in [-0.2, -0.15) is 0 Å². The smallest absolute Gasteiger partial charge is 0.122 e. The Morgan fingerprint density at radius 2 is 2.17 bits per heavy atom. The summed E-state index contributed by atoms with van der Waals surface area (Å²) in [6.07, 6.45) is -0.831. The highest BCUT2D eigenvalue weighted by Crippen LogP contribution is 2.31. The second-order valence-corrected chi connectivity index (χ2v) is 3.51. The molecule has 0 aliphatic carbocycles. The number of aliphatic hydroxyl groups is 1. The molecule has 12 heavy (non-hydrogen) atoms. The van der Waals surface area contributed by atoms with Crippen molar-refractivity contribution in [3.8, 4) is 5.75 Å². The van der Waals surface area contributed by atoms with Gasteiger partial charge in [-0.3, -0.25) is 0 Å². The lowest BCUT2D eigenvalue weighted by atomic mass is 10.1. The lowest BCUT2D eigenvalue weighted by Gasteiger charge is -2.10. The van der Waals surface area contributed by atoms with Crippen LogP contribution in [0.15, 0.2) is 22.7 Å². The molecular formula is C8H8BrClO2. The number of alkyl halides is 1. The van der Waals surface area contributed by atoms with Crippen molar-refractivity contribution in [2.24, 2.45) is 0 Å². The summed E-state index contributed by atoms with van der Waals surface area (Å²) in [7, 11) is 0. The van der Waals surface area contributed by atoms with Gasteiger partial charge in [0, 0.05) is 10.0 Å². The Morgan fingerprint density at radius 3 is 2.67 bits per heavy atom. The molecule has 0 aromatic heterocycles. The highest BCUT2D eigenvalue weighted by molar-refractivity contribution is 9.10. The highest BCUT2D eigenvalue weighted by atomic mass is 79.9. The molecule has 4 heteroatoms. The molecule has 0 radical (unpaired) electrons. The van der Waals surface area contributed by atoms with Crippen LogP contribution in [0.4, 0.5) is 0 Å². The summed E-state index contributed by atoms with van der Waals surface area (Å²) in [5.41, 5.74) is 0.438. The van der Waals surface area contributed by atoms with E-state index in [2.05, 4.69) is 15.9 Å². The zero-order valence-electron chi connectivity index (χ0n) is 6.17. The first-order valence-electron chi connectivity index (χ1n) is 3.38. The molecular weight excluding hydrogens is 243 g/mol. The number of rotatable bonds is 2. The van der Waals surface area contributed by atoms with E-state index in [1.165, 1.54) is 6.07 Å². The standard InChI is InChI=1S/C8H8BrClO2/c9-5-2-1-3-6(11)8(5)7(12)4-10/h1-3,7,11-12H,4H2. The third-order valence-electron chi connectivity index (χ3n) is 1.51. The minimum atomic E-state index is -0.831. The fourth-order valence-electron chi connectivity index (χ4n) is 0.933. The van der Waals surface area contributed by atoms with Gasteiger partial charge in [-0.15, -0.1) is 11.6 Å². The van der Waals surface area contributed by atoms with Crippen LogP contribution in [0.2, 0.25) is 0 Å². The van der Waals surface area contributed by atoms with Crippen molar-refractivity contribution in [1.29, 1.82) is 0 Å². The highest BCUT2D eigenvalue weighted by Gasteiger charge is 2.13. The number of phenolic OH excluding ortho intramolecular Hbond substituents is 1. The molecule has 66 valence electrons. The zero-order chi connectivity index (χ0) is 9.14. The number of halogens is 2. The molecule has 0 saturated carbocycles. The van der Waals surface area contributed by atoms with Gasteiger partial charge in [-0.05, 0) is 12.1 Å². The van der Waals surface area contributed by atoms with Crippen LogP contribution in [0.1, 0.15) is 11.7 Å². The first kappa shape index (κ1) is 9.84. The van der Waals surface area contributed by atoms with E-state index in [4.69, 9.17) is 11.6 Å². The number of benzene rings is 1. The average molecular weight is 252 g/mol. The van der Waals surface area contributed by atoms with Gasteiger partial charge in [0.25, 0.3) is 0 Å². The van der Waals surface area contributed by atoms with E-state index in [0.29, 0.717) is 10.0 Å². The van der Waals surface area contributed by atoms with Gasteiger partial charge in [-0.25, -0.2) is 0 Å². The van der Waals surface area contributed by atoms with Gasteiger partial charge in [0.05, 0.1) is 12.0 Å². The number of aliphatic hydroxyl groups excluding tert-OH is 1. The van der Waals surface area contributed by atoms with Crippen LogP contribution in [0.25, 0.3) is 0 Å². The summed E-state index contributed by atoms with van der Waals surface area (Å²) in [6, 6.07) is 4.94. The topological polar surface area (TPSA) is 40.5 Å². The molecule has 1 unspecified atom stereocenters. The molecule has 0 aliphatic rings.